The van der Waals surface area contributed by atoms with Gasteiger partial charge in [0, 0.05) is 28.6 Å². The van der Waals surface area contributed by atoms with Crippen LogP contribution in [0.3, 0.4) is 0 Å². The van der Waals surface area contributed by atoms with Gasteiger partial charge in [-0.05, 0) is 41.2 Å². The summed E-state index contributed by atoms with van der Waals surface area (Å²) in [5, 5.41) is 8.28. The van der Waals surface area contributed by atoms with E-state index in [1.807, 2.05) is 13.8 Å². The Labute approximate surface area is 149 Å². The van der Waals surface area contributed by atoms with E-state index in [0.717, 1.165) is 12.8 Å². The summed E-state index contributed by atoms with van der Waals surface area (Å²) >= 11 is 0. The molecule has 0 saturated carbocycles. The molecule has 0 bridgehead atoms. The second-order valence-electron chi connectivity index (χ2n) is 6.40. The summed E-state index contributed by atoms with van der Waals surface area (Å²) in [6.07, 6.45) is 2.19. The Bertz CT molecular complexity index is 846. The van der Waals surface area contributed by atoms with Gasteiger partial charge in [-0.1, -0.05) is 58.0 Å². The average molecular weight is 337 g/mol. The minimum Gasteiger partial charge on any atom is -0.483 e. The molecule has 1 heterocycles. The van der Waals surface area contributed by atoms with Crippen molar-refractivity contribution in [3.05, 3.63) is 59.3 Å². The fourth-order valence-electron chi connectivity index (χ4n) is 3.44. The minimum absolute atomic E-state index is 0.250. The van der Waals surface area contributed by atoms with Crippen molar-refractivity contribution in [1.29, 1.82) is 0 Å². The van der Waals surface area contributed by atoms with E-state index in [1.165, 1.54) is 38.9 Å². The van der Waals surface area contributed by atoms with Gasteiger partial charge < -0.3 is 10.1 Å². The zero-order valence-corrected chi connectivity index (χ0v) is 15.5. The van der Waals surface area contributed by atoms with Gasteiger partial charge in [0.15, 0.2) is 0 Å². The average Bonchev–Trinajstić information content (AvgIpc) is 3.12. The lowest BCUT2D eigenvalue weighted by Gasteiger charge is -2.06. The van der Waals surface area contributed by atoms with E-state index in [-0.39, 0.29) is 6.47 Å². The van der Waals surface area contributed by atoms with Gasteiger partial charge in [-0.3, -0.25) is 4.79 Å². The van der Waals surface area contributed by atoms with E-state index < -0.39 is 0 Å². The first-order valence-electron chi connectivity index (χ1n) is 8.93. The van der Waals surface area contributed by atoms with Crippen LogP contribution in [0.25, 0.3) is 22.0 Å². The summed E-state index contributed by atoms with van der Waals surface area (Å²) in [5.41, 5.74) is 8.39. The number of rotatable bonds is 2. The van der Waals surface area contributed by atoms with Crippen LogP contribution in [0.15, 0.2) is 42.5 Å². The smallest absolute Gasteiger partial charge is 0.290 e. The first-order chi connectivity index (χ1) is 12.1. The van der Waals surface area contributed by atoms with Crippen molar-refractivity contribution < 1.29 is 9.90 Å². The van der Waals surface area contributed by atoms with Crippen LogP contribution in [0.5, 0.6) is 0 Å². The number of nitrogens with one attached hydrogen (secondary N) is 1. The number of aromatic nitrogens is 1. The summed E-state index contributed by atoms with van der Waals surface area (Å²) < 4.78 is 0. The van der Waals surface area contributed by atoms with Crippen molar-refractivity contribution in [2.75, 3.05) is 0 Å². The molecule has 0 fully saturated rings. The molecule has 0 amide bonds. The van der Waals surface area contributed by atoms with Gasteiger partial charge in [-0.25, -0.2) is 0 Å². The van der Waals surface area contributed by atoms with Crippen molar-refractivity contribution in [3.8, 4) is 11.1 Å². The third kappa shape index (κ3) is 3.93. The molecular weight excluding hydrogens is 310 g/mol. The van der Waals surface area contributed by atoms with Gasteiger partial charge in [-0.2, -0.15) is 0 Å². The molecule has 4 rings (SSSR count). The highest BCUT2D eigenvalue weighted by Gasteiger charge is 2.22. The van der Waals surface area contributed by atoms with E-state index in [0.29, 0.717) is 5.92 Å². The third-order valence-corrected chi connectivity index (χ3v) is 4.24. The highest BCUT2D eigenvalue weighted by molar-refractivity contribution is 6.00. The molecule has 0 saturated heterocycles. The van der Waals surface area contributed by atoms with Crippen LogP contribution in [-0.4, -0.2) is 16.6 Å². The molecule has 25 heavy (non-hydrogen) atoms. The van der Waals surface area contributed by atoms with Crippen LogP contribution in [0.4, 0.5) is 0 Å². The summed E-state index contributed by atoms with van der Waals surface area (Å²) in [4.78, 5) is 12.0. The fraction of sp³-hybridized carbons (Fsp3) is 0.318. The summed E-state index contributed by atoms with van der Waals surface area (Å²) in [7, 11) is 0. The molecule has 2 aromatic carbocycles. The topological polar surface area (TPSA) is 53.1 Å². The lowest BCUT2D eigenvalue weighted by atomic mass is 9.99. The Kier molecular flexibility index (Phi) is 6.40. The number of benzene rings is 2. The standard InChI is InChI=1S/C19H19N.C2H6.CH2O2/c1-12(2)9-13-7-8-17-16(10-13)19-15-6-4-3-5-14(15)11-18(19)20-17;1-2;2-1-3/h3-8,10,12,20H,9,11H2,1-2H3;1-2H3;1H,(H,2,3). The van der Waals surface area contributed by atoms with Crippen LogP contribution >= 0.6 is 0 Å². The van der Waals surface area contributed by atoms with E-state index in [2.05, 4.69) is 61.3 Å². The second kappa shape index (κ2) is 8.52. The molecule has 1 aromatic heterocycles. The van der Waals surface area contributed by atoms with E-state index >= 15 is 0 Å². The fourth-order valence-corrected chi connectivity index (χ4v) is 3.44. The SMILES string of the molecule is CC.CC(C)Cc1ccc2[nH]c3c(c2c1)-c1ccccc1C3.O=CO. The zero-order chi connectivity index (χ0) is 18.4. The Morgan fingerprint density at radius 3 is 2.52 bits per heavy atom. The number of hydrogen-bond donors (Lipinski definition) is 2. The maximum atomic E-state index is 8.36. The quantitative estimate of drug-likeness (QED) is 0.463. The van der Waals surface area contributed by atoms with E-state index in [1.54, 1.807) is 0 Å². The number of aromatic amines is 1. The minimum atomic E-state index is -0.250. The largest absolute Gasteiger partial charge is 0.483 e. The molecule has 1 aliphatic carbocycles. The lowest BCUT2D eigenvalue weighted by molar-refractivity contribution is -0.122. The van der Waals surface area contributed by atoms with Gasteiger partial charge in [0.25, 0.3) is 6.47 Å². The number of H-pyrrole nitrogens is 1. The van der Waals surface area contributed by atoms with Crippen molar-refractivity contribution >= 4 is 17.4 Å². The molecule has 1 aliphatic rings. The molecule has 0 spiro atoms. The molecule has 0 unspecified atom stereocenters. The Morgan fingerprint density at radius 2 is 1.84 bits per heavy atom. The molecular formula is C22H27NO2. The van der Waals surface area contributed by atoms with Crippen molar-refractivity contribution in [2.45, 2.75) is 40.5 Å². The van der Waals surface area contributed by atoms with Crippen LogP contribution in [0, 0.1) is 5.92 Å². The molecule has 3 heteroatoms. The van der Waals surface area contributed by atoms with E-state index in [4.69, 9.17) is 9.90 Å². The Balaban J connectivity index is 0.000000410. The van der Waals surface area contributed by atoms with Gasteiger partial charge >= 0.3 is 0 Å². The summed E-state index contributed by atoms with van der Waals surface area (Å²) in [6, 6.07) is 15.7. The normalized spacial score (nSPS) is 11.1. The number of carboxylic acid groups (broad SMARTS) is 1. The van der Waals surface area contributed by atoms with Gasteiger partial charge in [0.2, 0.25) is 0 Å². The first kappa shape index (κ1) is 18.8. The maximum absolute atomic E-state index is 8.36. The summed E-state index contributed by atoms with van der Waals surface area (Å²) in [5.74, 6) is 0.701. The zero-order valence-electron chi connectivity index (χ0n) is 15.5. The first-order valence-corrected chi connectivity index (χ1v) is 8.93. The highest BCUT2D eigenvalue weighted by atomic mass is 16.3. The molecule has 132 valence electrons. The number of fused-ring (bicyclic) bond motifs is 5. The van der Waals surface area contributed by atoms with Crippen molar-refractivity contribution in [1.82, 2.24) is 4.98 Å². The number of hydrogen-bond acceptors (Lipinski definition) is 1. The molecule has 0 aliphatic heterocycles. The van der Waals surface area contributed by atoms with Crippen LogP contribution in [0.2, 0.25) is 0 Å². The Hall–Kier alpha value is -2.55. The molecule has 2 N–H and O–H groups in total. The van der Waals surface area contributed by atoms with Gasteiger partial charge in [-0.15, -0.1) is 0 Å². The van der Waals surface area contributed by atoms with Crippen molar-refractivity contribution in [3.63, 3.8) is 0 Å². The van der Waals surface area contributed by atoms with Crippen LogP contribution < -0.4 is 0 Å². The lowest BCUT2D eigenvalue weighted by Crippen LogP contribution is -1.93. The van der Waals surface area contributed by atoms with Gasteiger partial charge in [0.1, 0.15) is 0 Å². The molecule has 0 atom stereocenters. The molecule has 0 radical (unpaired) electrons. The van der Waals surface area contributed by atoms with E-state index in [9.17, 15) is 0 Å². The van der Waals surface area contributed by atoms with Crippen LogP contribution in [-0.2, 0) is 17.6 Å². The highest BCUT2D eigenvalue weighted by Crippen LogP contribution is 2.41. The van der Waals surface area contributed by atoms with Crippen molar-refractivity contribution in [2.24, 2.45) is 5.92 Å². The predicted molar refractivity (Wildman–Crippen MR) is 105 cm³/mol. The van der Waals surface area contributed by atoms with Crippen LogP contribution in [0.1, 0.15) is 44.5 Å². The second-order valence-corrected chi connectivity index (χ2v) is 6.40. The maximum Gasteiger partial charge on any atom is 0.290 e. The Morgan fingerprint density at radius 1 is 1.16 bits per heavy atom. The monoisotopic (exact) mass is 337 g/mol. The predicted octanol–water partition coefficient (Wildman–Crippen LogP) is 5.66. The molecule has 3 nitrogen and oxygen atoms in total. The number of carbonyl (C=O) groups is 1. The summed E-state index contributed by atoms with van der Waals surface area (Å²) in [6.45, 7) is 8.31. The molecule has 3 aromatic rings. The third-order valence-electron chi connectivity index (χ3n) is 4.24. The van der Waals surface area contributed by atoms with Gasteiger partial charge in [0.05, 0.1) is 0 Å².